The van der Waals surface area contributed by atoms with E-state index >= 15 is 0 Å². The van der Waals surface area contributed by atoms with Gasteiger partial charge in [-0.1, -0.05) is 48.9 Å². The maximum Gasteiger partial charge on any atom is 0.425 e. The summed E-state index contributed by atoms with van der Waals surface area (Å²) in [5.74, 6) is 0.504. The third-order valence-electron chi connectivity index (χ3n) is 7.60. The molecule has 1 amide bonds. The summed E-state index contributed by atoms with van der Waals surface area (Å²) in [5, 5.41) is 3.35. The molecule has 236 valence electrons. The molecule has 1 aromatic heterocycles. The summed E-state index contributed by atoms with van der Waals surface area (Å²) in [4.78, 5) is 28.6. The van der Waals surface area contributed by atoms with Crippen molar-refractivity contribution in [2.75, 3.05) is 56.1 Å². The van der Waals surface area contributed by atoms with Crippen LogP contribution in [-0.4, -0.2) is 71.7 Å². The lowest BCUT2D eigenvalue weighted by atomic mass is 10.1. The predicted octanol–water partition coefficient (Wildman–Crippen LogP) is 7.37. The highest BCUT2D eigenvalue weighted by molar-refractivity contribution is 6.34. The number of carbonyl (C=O) groups is 1. The Morgan fingerprint density at radius 3 is 2.38 bits per heavy atom. The molecule has 0 saturated carbocycles. The Balaban J connectivity index is 1.27. The van der Waals surface area contributed by atoms with Crippen molar-refractivity contribution >= 4 is 40.8 Å². The van der Waals surface area contributed by atoms with Crippen LogP contribution in [-0.2, 0) is 0 Å². The van der Waals surface area contributed by atoms with Crippen molar-refractivity contribution in [1.29, 1.82) is 0 Å². The van der Waals surface area contributed by atoms with E-state index in [1.807, 2.05) is 32.0 Å². The summed E-state index contributed by atoms with van der Waals surface area (Å²) in [7, 11) is 0. The first-order chi connectivity index (χ1) is 21.8. The summed E-state index contributed by atoms with van der Waals surface area (Å²) in [6.45, 7) is 12.3. The van der Waals surface area contributed by atoms with Crippen molar-refractivity contribution in [3.63, 3.8) is 0 Å². The summed E-state index contributed by atoms with van der Waals surface area (Å²) in [5.41, 5.74) is 2.43. The zero-order chi connectivity index (χ0) is 31.8. The predicted molar refractivity (Wildman–Crippen MR) is 176 cm³/mol. The summed E-state index contributed by atoms with van der Waals surface area (Å²) < 4.78 is 26.6. The van der Waals surface area contributed by atoms with Gasteiger partial charge in [0.1, 0.15) is 18.2 Å². The van der Waals surface area contributed by atoms with E-state index in [-0.39, 0.29) is 17.5 Å². The normalized spacial score (nSPS) is 13.8. The minimum atomic E-state index is -0.694. The average molecular weight is 633 g/mol. The minimum absolute atomic E-state index is 0.153. The molecule has 1 aliphatic rings. The largest absolute Gasteiger partial charge is 0.489 e. The van der Waals surface area contributed by atoms with Gasteiger partial charge >= 0.3 is 6.09 Å². The van der Waals surface area contributed by atoms with Crippen LogP contribution in [0.2, 0.25) is 5.02 Å². The van der Waals surface area contributed by atoms with Gasteiger partial charge in [-0.15, -0.1) is 0 Å². The van der Waals surface area contributed by atoms with Gasteiger partial charge in [0.25, 0.3) is 0 Å². The van der Waals surface area contributed by atoms with E-state index in [2.05, 4.69) is 32.0 Å². The number of amides is 1. The van der Waals surface area contributed by atoms with Crippen molar-refractivity contribution in [3.8, 4) is 11.5 Å². The molecule has 1 fully saturated rings. The maximum absolute atomic E-state index is 15.0. The number of anilines is 4. The highest BCUT2D eigenvalue weighted by Crippen LogP contribution is 2.33. The number of carbonyl (C=O) groups excluding carboxylic acids is 1. The van der Waals surface area contributed by atoms with Crippen LogP contribution in [0.15, 0.2) is 72.9 Å². The van der Waals surface area contributed by atoms with E-state index < -0.39 is 11.9 Å². The molecule has 0 unspecified atom stereocenters. The van der Waals surface area contributed by atoms with E-state index in [1.54, 1.807) is 42.5 Å². The van der Waals surface area contributed by atoms with Gasteiger partial charge in [-0.25, -0.2) is 19.1 Å². The molecule has 1 saturated heterocycles. The maximum atomic E-state index is 15.0. The molecular formula is C34H38ClFN6O3. The standard InChI is InChI=1S/C34H38ClFN6O3/c1-4-16-40-17-19-41(20-18-40)21-22-44-30-13-12-26(23-28(30)36)38-33-37-15-14-31(39-33)42(29-11-6-5-10-27(29)35)34(43)45-32-24(2)8-7-9-25(32)3/h5-15,23H,4,16-22H2,1-3H3,(H,37,38,39). The van der Waals surface area contributed by atoms with E-state index in [0.29, 0.717) is 28.8 Å². The lowest BCUT2D eigenvalue weighted by Gasteiger charge is -2.34. The van der Waals surface area contributed by atoms with Gasteiger partial charge in [0.05, 0.1) is 10.7 Å². The first-order valence-electron chi connectivity index (χ1n) is 15.1. The Morgan fingerprint density at radius 2 is 1.69 bits per heavy atom. The fourth-order valence-corrected chi connectivity index (χ4v) is 5.46. The van der Waals surface area contributed by atoms with Gasteiger partial charge in [-0.05, 0) is 62.2 Å². The molecular weight excluding hydrogens is 595 g/mol. The SMILES string of the molecule is CCCN1CCN(CCOc2ccc(Nc3nccc(N(C(=O)Oc4c(C)cccc4C)c4ccccc4Cl)n3)cc2F)CC1. The number of piperazine rings is 1. The fraction of sp³-hybridized carbons (Fsp3) is 0.324. The third-order valence-corrected chi connectivity index (χ3v) is 7.92. The van der Waals surface area contributed by atoms with Gasteiger partial charge < -0.3 is 19.7 Å². The molecule has 0 radical (unpaired) electrons. The van der Waals surface area contributed by atoms with Crippen LogP contribution in [0.4, 0.5) is 32.3 Å². The monoisotopic (exact) mass is 632 g/mol. The number of hydrogen-bond acceptors (Lipinski definition) is 8. The molecule has 1 aliphatic heterocycles. The highest BCUT2D eigenvalue weighted by atomic mass is 35.5. The number of halogens is 2. The van der Waals surface area contributed by atoms with Crippen LogP contribution in [0.5, 0.6) is 11.5 Å². The van der Waals surface area contributed by atoms with Crippen molar-refractivity contribution in [3.05, 3.63) is 94.9 Å². The molecule has 2 heterocycles. The van der Waals surface area contributed by atoms with Crippen LogP contribution >= 0.6 is 11.6 Å². The topological polar surface area (TPSA) is 83.1 Å². The molecule has 9 nitrogen and oxygen atoms in total. The number of hydrogen-bond donors (Lipinski definition) is 1. The molecule has 5 rings (SSSR count). The van der Waals surface area contributed by atoms with E-state index in [0.717, 1.165) is 56.8 Å². The Kier molecular flexibility index (Phi) is 10.8. The zero-order valence-corrected chi connectivity index (χ0v) is 26.6. The molecule has 3 aromatic carbocycles. The molecule has 0 bridgehead atoms. The fourth-order valence-electron chi connectivity index (χ4n) is 5.24. The number of benzene rings is 3. The number of nitrogens with one attached hydrogen (secondary N) is 1. The van der Waals surface area contributed by atoms with Gasteiger partial charge in [0.15, 0.2) is 11.6 Å². The minimum Gasteiger partial charge on any atom is -0.489 e. The molecule has 0 atom stereocenters. The highest BCUT2D eigenvalue weighted by Gasteiger charge is 2.25. The summed E-state index contributed by atoms with van der Waals surface area (Å²) in [6, 6.07) is 18.7. The van der Waals surface area contributed by atoms with Crippen LogP contribution in [0.25, 0.3) is 0 Å². The smallest absolute Gasteiger partial charge is 0.425 e. The number of rotatable bonds is 11. The summed E-state index contributed by atoms with van der Waals surface area (Å²) in [6.07, 6.45) is 1.96. The first-order valence-corrected chi connectivity index (χ1v) is 15.5. The van der Waals surface area contributed by atoms with Gasteiger partial charge in [-0.3, -0.25) is 4.90 Å². The molecule has 11 heteroatoms. The van der Waals surface area contributed by atoms with Crippen LogP contribution in [0.3, 0.4) is 0 Å². The Labute approximate surface area is 268 Å². The Bertz CT molecular complexity index is 1590. The Hall–Kier alpha value is -4.25. The number of nitrogens with zero attached hydrogens (tertiary/aromatic N) is 5. The van der Waals surface area contributed by atoms with Crippen molar-refractivity contribution in [2.45, 2.75) is 27.2 Å². The second-order valence-corrected chi connectivity index (χ2v) is 11.3. The lowest BCUT2D eigenvalue weighted by Crippen LogP contribution is -2.47. The van der Waals surface area contributed by atoms with E-state index in [4.69, 9.17) is 21.1 Å². The molecule has 45 heavy (non-hydrogen) atoms. The lowest BCUT2D eigenvalue weighted by molar-refractivity contribution is 0.116. The van der Waals surface area contributed by atoms with Crippen molar-refractivity contribution in [1.82, 2.24) is 19.8 Å². The number of ether oxygens (including phenoxy) is 2. The quantitative estimate of drug-likeness (QED) is 0.183. The van der Waals surface area contributed by atoms with Gasteiger partial charge in [-0.2, -0.15) is 4.98 Å². The molecule has 0 aliphatic carbocycles. The van der Waals surface area contributed by atoms with Crippen LogP contribution < -0.4 is 19.7 Å². The van der Waals surface area contributed by atoms with E-state index in [1.165, 1.54) is 17.2 Å². The second-order valence-electron chi connectivity index (χ2n) is 10.9. The number of aryl methyl sites for hydroxylation is 2. The van der Waals surface area contributed by atoms with Gasteiger partial charge in [0, 0.05) is 56.7 Å². The van der Waals surface area contributed by atoms with Crippen LogP contribution in [0.1, 0.15) is 24.5 Å². The molecule has 1 N–H and O–H groups in total. The number of aromatic nitrogens is 2. The third kappa shape index (κ3) is 8.27. The first kappa shape index (κ1) is 32.2. The molecule has 4 aromatic rings. The number of para-hydroxylation sites is 2. The van der Waals surface area contributed by atoms with Crippen molar-refractivity contribution < 1.29 is 18.7 Å². The van der Waals surface area contributed by atoms with E-state index in [9.17, 15) is 9.18 Å². The van der Waals surface area contributed by atoms with Gasteiger partial charge in [0.2, 0.25) is 5.95 Å². The van der Waals surface area contributed by atoms with Crippen molar-refractivity contribution in [2.24, 2.45) is 0 Å². The Morgan fingerprint density at radius 1 is 0.978 bits per heavy atom. The zero-order valence-electron chi connectivity index (χ0n) is 25.8. The average Bonchev–Trinajstić information content (AvgIpc) is 3.02. The summed E-state index contributed by atoms with van der Waals surface area (Å²) >= 11 is 6.51. The van der Waals surface area contributed by atoms with Crippen LogP contribution in [0, 0.1) is 19.7 Å². The molecule has 0 spiro atoms. The second kappa shape index (κ2) is 15.2.